The van der Waals surface area contributed by atoms with Crippen LogP contribution in [0.2, 0.25) is 0 Å². The Morgan fingerprint density at radius 3 is 2.25 bits per heavy atom. The predicted molar refractivity (Wildman–Crippen MR) is 115 cm³/mol. The zero-order valence-corrected chi connectivity index (χ0v) is 18.4. The van der Waals surface area contributed by atoms with Crippen LogP contribution in [0.3, 0.4) is 0 Å². The van der Waals surface area contributed by atoms with Crippen molar-refractivity contribution in [3.63, 3.8) is 0 Å². The van der Waals surface area contributed by atoms with Gasteiger partial charge in [-0.05, 0) is 38.1 Å². The fraction of sp³-hybridized carbons (Fsp3) is 0.944. The van der Waals surface area contributed by atoms with Crippen LogP contribution in [0, 0.1) is 5.41 Å². The van der Waals surface area contributed by atoms with Crippen molar-refractivity contribution in [1.29, 1.82) is 0 Å². The monoisotopic (exact) mass is 451 g/mol. The molecule has 0 bridgehead atoms. The Labute approximate surface area is 166 Å². The molecule has 0 radical (unpaired) electrons. The molecular weight excluding hydrogens is 413 g/mol. The third kappa shape index (κ3) is 6.02. The Bertz CT molecular complexity index is 370. The SMILES string of the molecule is CCN1CCN(C(C)CNC(=NC)NCC2(CC)CCC2)CC1.I. The van der Waals surface area contributed by atoms with E-state index in [2.05, 4.69) is 46.2 Å². The third-order valence-electron chi connectivity index (χ3n) is 6.06. The molecule has 0 amide bonds. The summed E-state index contributed by atoms with van der Waals surface area (Å²) >= 11 is 0. The van der Waals surface area contributed by atoms with Crippen molar-refractivity contribution < 1.29 is 0 Å². The molecule has 5 nitrogen and oxygen atoms in total. The number of halogens is 1. The highest BCUT2D eigenvalue weighted by atomic mass is 127. The van der Waals surface area contributed by atoms with Gasteiger partial charge in [-0.1, -0.05) is 20.3 Å². The van der Waals surface area contributed by atoms with Crippen molar-refractivity contribution in [2.45, 2.75) is 52.5 Å². The number of nitrogens with zero attached hydrogens (tertiary/aromatic N) is 3. The Balaban J connectivity index is 0.00000288. The minimum Gasteiger partial charge on any atom is -0.356 e. The highest BCUT2D eigenvalue weighted by Crippen LogP contribution is 2.42. The van der Waals surface area contributed by atoms with Gasteiger partial charge in [0, 0.05) is 52.4 Å². The Hall–Kier alpha value is -0.0800. The standard InChI is InChI=1S/C18H37N5.HI/c1-5-18(8-7-9-18)15-21-17(19-4)20-14-16(3)23-12-10-22(6-2)11-13-23;/h16H,5-15H2,1-4H3,(H2,19,20,21);1H. The highest BCUT2D eigenvalue weighted by Gasteiger charge is 2.34. The average molecular weight is 451 g/mol. The smallest absolute Gasteiger partial charge is 0.191 e. The fourth-order valence-corrected chi connectivity index (χ4v) is 3.72. The van der Waals surface area contributed by atoms with Gasteiger partial charge in [-0.25, -0.2) is 0 Å². The summed E-state index contributed by atoms with van der Waals surface area (Å²) in [5, 5.41) is 7.07. The van der Waals surface area contributed by atoms with E-state index in [1.807, 2.05) is 7.05 Å². The van der Waals surface area contributed by atoms with E-state index in [-0.39, 0.29) is 24.0 Å². The van der Waals surface area contributed by atoms with Crippen molar-refractivity contribution >= 4 is 29.9 Å². The van der Waals surface area contributed by atoms with Crippen LogP contribution >= 0.6 is 24.0 Å². The van der Waals surface area contributed by atoms with Gasteiger partial charge in [-0.3, -0.25) is 9.89 Å². The topological polar surface area (TPSA) is 42.9 Å². The van der Waals surface area contributed by atoms with Gasteiger partial charge in [0.15, 0.2) is 5.96 Å². The van der Waals surface area contributed by atoms with Crippen LogP contribution in [0.4, 0.5) is 0 Å². The zero-order valence-electron chi connectivity index (χ0n) is 16.1. The zero-order chi connectivity index (χ0) is 16.7. The molecular formula is C18H38IN5. The molecule has 0 aromatic rings. The average Bonchev–Trinajstić information content (AvgIpc) is 2.56. The minimum atomic E-state index is 0. The molecule has 1 heterocycles. The summed E-state index contributed by atoms with van der Waals surface area (Å²) in [5.74, 6) is 0.962. The number of likely N-dealkylation sites (N-methyl/N-ethyl adjacent to an activating group) is 1. The lowest BCUT2D eigenvalue weighted by molar-refractivity contribution is 0.107. The van der Waals surface area contributed by atoms with Crippen LogP contribution in [-0.4, -0.2) is 74.7 Å². The van der Waals surface area contributed by atoms with E-state index in [0.717, 1.165) is 19.0 Å². The summed E-state index contributed by atoms with van der Waals surface area (Å²) in [7, 11) is 1.87. The summed E-state index contributed by atoms with van der Waals surface area (Å²) in [5.41, 5.74) is 0.527. The second-order valence-corrected chi connectivity index (χ2v) is 7.33. The van der Waals surface area contributed by atoms with Crippen molar-refractivity contribution in [2.24, 2.45) is 10.4 Å². The van der Waals surface area contributed by atoms with Crippen LogP contribution in [0.15, 0.2) is 4.99 Å². The lowest BCUT2D eigenvalue weighted by Crippen LogP contribution is -2.53. The van der Waals surface area contributed by atoms with Crippen molar-refractivity contribution in [2.75, 3.05) is 52.9 Å². The molecule has 0 aromatic carbocycles. The van der Waals surface area contributed by atoms with Crippen LogP contribution in [-0.2, 0) is 0 Å². The summed E-state index contributed by atoms with van der Waals surface area (Å²) in [4.78, 5) is 9.51. The van der Waals surface area contributed by atoms with Gasteiger partial charge in [0.05, 0.1) is 0 Å². The Morgan fingerprint density at radius 2 is 1.79 bits per heavy atom. The van der Waals surface area contributed by atoms with Crippen LogP contribution in [0.5, 0.6) is 0 Å². The van der Waals surface area contributed by atoms with Gasteiger partial charge >= 0.3 is 0 Å². The molecule has 2 N–H and O–H groups in total. The van der Waals surface area contributed by atoms with E-state index in [4.69, 9.17) is 0 Å². The fourth-order valence-electron chi connectivity index (χ4n) is 3.72. The van der Waals surface area contributed by atoms with E-state index in [1.165, 1.54) is 58.4 Å². The van der Waals surface area contributed by atoms with Crippen molar-refractivity contribution in [3.05, 3.63) is 0 Å². The molecule has 0 aromatic heterocycles. The molecule has 0 spiro atoms. The number of hydrogen-bond donors (Lipinski definition) is 2. The summed E-state index contributed by atoms with van der Waals surface area (Å²) < 4.78 is 0. The van der Waals surface area contributed by atoms with Crippen molar-refractivity contribution in [1.82, 2.24) is 20.4 Å². The van der Waals surface area contributed by atoms with Gasteiger partial charge < -0.3 is 15.5 Å². The highest BCUT2D eigenvalue weighted by molar-refractivity contribution is 14.0. The maximum Gasteiger partial charge on any atom is 0.191 e. The van der Waals surface area contributed by atoms with Gasteiger partial charge in [-0.2, -0.15) is 0 Å². The van der Waals surface area contributed by atoms with Gasteiger partial charge in [0.25, 0.3) is 0 Å². The van der Waals surface area contributed by atoms with Crippen LogP contribution < -0.4 is 10.6 Å². The number of nitrogens with one attached hydrogen (secondary N) is 2. The lowest BCUT2D eigenvalue weighted by atomic mass is 9.67. The third-order valence-corrected chi connectivity index (χ3v) is 6.06. The predicted octanol–water partition coefficient (Wildman–Crippen LogP) is 2.38. The molecule has 1 aliphatic carbocycles. The maximum atomic E-state index is 4.39. The first-order valence-corrected chi connectivity index (χ1v) is 9.53. The second kappa shape index (κ2) is 10.8. The Morgan fingerprint density at radius 1 is 1.12 bits per heavy atom. The molecule has 1 unspecified atom stereocenters. The summed E-state index contributed by atoms with van der Waals surface area (Å²) in [6, 6.07) is 0.552. The van der Waals surface area contributed by atoms with Crippen LogP contribution in [0.25, 0.3) is 0 Å². The largest absolute Gasteiger partial charge is 0.356 e. The molecule has 2 rings (SSSR count). The number of rotatable bonds is 7. The number of guanidine groups is 1. The van der Waals surface area contributed by atoms with Crippen LogP contribution in [0.1, 0.15) is 46.5 Å². The van der Waals surface area contributed by atoms with E-state index in [1.54, 1.807) is 0 Å². The summed E-state index contributed by atoms with van der Waals surface area (Å²) in [6.45, 7) is 14.9. The molecule has 24 heavy (non-hydrogen) atoms. The molecule has 1 atom stereocenters. The molecule has 6 heteroatoms. The van der Waals surface area contributed by atoms with Gasteiger partial charge in [0.1, 0.15) is 0 Å². The first-order chi connectivity index (χ1) is 11.1. The second-order valence-electron chi connectivity index (χ2n) is 7.33. The van der Waals surface area contributed by atoms with Gasteiger partial charge in [-0.15, -0.1) is 24.0 Å². The van der Waals surface area contributed by atoms with E-state index < -0.39 is 0 Å². The van der Waals surface area contributed by atoms with E-state index in [9.17, 15) is 0 Å². The van der Waals surface area contributed by atoms with E-state index >= 15 is 0 Å². The molecule has 1 aliphatic heterocycles. The first-order valence-electron chi connectivity index (χ1n) is 9.53. The molecule has 2 aliphatic rings. The van der Waals surface area contributed by atoms with Gasteiger partial charge in [0.2, 0.25) is 0 Å². The minimum absolute atomic E-state index is 0. The molecule has 1 saturated carbocycles. The first kappa shape index (κ1) is 22.0. The lowest BCUT2D eigenvalue weighted by Gasteiger charge is -2.42. The molecule has 2 fully saturated rings. The number of piperazine rings is 1. The Kier molecular flexibility index (Phi) is 9.89. The quantitative estimate of drug-likeness (QED) is 0.355. The molecule has 1 saturated heterocycles. The van der Waals surface area contributed by atoms with Crippen molar-refractivity contribution in [3.8, 4) is 0 Å². The number of aliphatic imine (C=N–C) groups is 1. The normalized spacial score (nSPS) is 23.1. The number of hydrogen-bond acceptors (Lipinski definition) is 3. The maximum absolute atomic E-state index is 4.39. The van der Waals surface area contributed by atoms with E-state index in [0.29, 0.717) is 11.5 Å². The summed E-state index contributed by atoms with van der Waals surface area (Å²) in [6.07, 6.45) is 5.40. The molecule has 142 valence electrons.